The van der Waals surface area contributed by atoms with Gasteiger partial charge in [-0.1, -0.05) is 12.1 Å². The van der Waals surface area contributed by atoms with Crippen molar-refractivity contribution in [2.75, 3.05) is 0 Å². The number of aldehydes is 1. The highest BCUT2D eigenvalue weighted by molar-refractivity contribution is 5.78. The number of aromatic nitrogens is 1. The van der Waals surface area contributed by atoms with Gasteiger partial charge < -0.3 is 10.2 Å². The summed E-state index contributed by atoms with van der Waals surface area (Å²) in [7, 11) is 0. The Labute approximate surface area is 105 Å². The minimum absolute atomic E-state index is 0.0987. The maximum absolute atomic E-state index is 10.7. The fourth-order valence-corrected chi connectivity index (χ4v) is 1.68. The Morgan fingerprint density at radius 2 is 1.83 bits per heavy atom. The molecular formula is C14H13NO3. The van der Waals surface area contributed by atoms with E-state index < -0.39 is 0 Å². The molecule has 1 aromatic heterocycles. The standard InChI is InChI=1S/C14H13NO3/c16-9-11-7-12(15-8-14(11)18)4-1-10-2-5-13(17)6-3-10/h2-3,5-9,17-18H,1,4H2. The maximum Gasteiger partial charge on any atom is 0.153 e. The van der Waals surface area contributed by atoms with E-state index in [2.05, 4.69) is 4.98 Å². The Morgan fingerprint density at radius 3 is 2.50 bits per heavy atom. The summed E-state index contributed by atoms with van der Waals surface area (Å²) in [6, 6.07) is 8.54. The lowest BCUT2D eigenvalue weighted by molar-refractivity contribution is 0.112. The number of pyridine rings is 1. The first kappa shape index (κ1) is 12.1. The van der Waals surface area contributed by atoms with E-state index in [-0.39, 0.29) is 17.1 Å². The average Bonchev–Trinajstić information content (AvgIpc) is 2.39. The van der Waals surface area contributed by atoms with Gasteiger partial charge in [-0.2, -0.15) is 0 Å². The van der Waals surface area contributed by atoms with E-state index in [1.807, 2.05) is 12.1 Å². The van der Waals surface area contributed by atoms with Crippen LogP contribution in [0, 0.1) is 0 Å². The fourth-order valence-electron chi connectivity index (χ4n) is 1.68. The van der Waals surface area contributed by atoms with E-state index in [0.29, 0.717) is 12.7 Å². The SMILES string of the molecule is O=Cc1cc(CCc2ccc(O)cc2)ncc1O. The number of benzene rings is 1. The van der Waals surface area contributed by atoms with Crippen molar-refractivity contribution in [3.8, 4) is 11.5 Å². The molecule has 18 heavy (non-hydrogen) atoms. The summed E-state index contributed by atoms with van der Waals surface area (Å²) >= 11 is 0. The molecule has 92 valence electrons. The van der Waals surface area contributed by atoms with Gasteiger partial charge in [-0.15, -0.1) is 0 Å². The molecule has 0 unspecified atom stereocenters. The molecule has 1 aromatic carbocycles. The smallest absolute Gasteiger partial charge is 0.153 e. The van der Waals surface area contributed by atoms with Crippen molar-refractivity contribution < 1.29 is 15.0 Å². The van der Waals surface area contributed by atoms with Crippen LogP contribution in [-0.2, 0) is 12.8 Å². The molecule has 2 rings (SSSR count). The number of carbonyl (C=O) groups is 1. The van der Waals surface area contributed by atoms with Crippen LogP contribution < -0.4 is 0 Å². The number of aryl methyl sites for hydroxylation is 2. The normalized spacial score (nSPS) is 10.2. The molecule has 0 aliphatic rings. The zero-order valence-corrected chi connectivity index (χ0v) is 9.71. The highest BCUT2D eigenvalue weighted by atomic mass is 16.3. The lowest BCUT2D eigenvalue weighted by Crippen LogP contribution is -1.96. The minimum Gasteiger partial charge on any atom is -0.508 e. The molecule has 1 heterocycles. The van der Waals surface area contributed by atoms with Gasteiger partial charge in [0.15, 0.2) is 6.29 Å². The van der Waals surface area contributed by atoms with Crippen molar-refractivity contribution in [2.45, 2.75) is 12.8 Å². The quantitative estimate of drug-likeness (QED) is 0.807. The van der Waals surface area contributed by atoms with Gasteiger partial charge in [0, 0.05) is 5.69 Å². The first-order valence-electron chi connectivity index (χ1n) is 5.60. The predicted octanol–water partition coefficient (Wildman–Crippen LogP) is 2.09. The van der Waals surface area contributed by atoms with Crippen LogP contribution in [0.25, 0.3) is 0 Å². The van der Waals surface area contributed by atoms with Gasteiger partial charge in [0.05, 0.1) is 11.8 Å². The molecule has 0 aliphatic heterocycles. The van der Waals surface area contributed by atoms with Gasteiger partial charge >= 0.3 is 0 Å². The molecule has 0 atom stereocenters. The number of aromatic hydroxyl groups is 2. The second-order valence-corrected chi connectivity index (χ2v) is 4.02. The molecule has 0 saturated heterocycles. The van der Waals surface area contributed by atoms with Gasteiger partial charge in [0.2, 0.25) is 0 Å². The summed E-state index contributed by atoms with van der Waals surface area (Å²) < 4.78 is 0. The molecule has 4 heteroatoms. The number of hydrogen-bond acceptors (Lipinski definition) is 4. The lowest BCUT2D eigenvalue weighted by atomic mass is 10.1. The van der Waals surface area contributed by atoms with E-state index in [1.165, 1.54) is 6.20 Å². The fraction of sp³-hybridized carbons (Fsp3) is 0.143. The highest BCUT2D eigenvalue weighted by Gasteiger charge is 2.03. The summed E-state index contributed by atoms with van der Waals surface area (Å²) in [6.07, 6.45) is 3.33. The van der Waals surface area contributed by atoms with Crippen LogP contribution in [0.5, 0.6) is 11.5 Å². The minimum atomic E-state index is -0.0987. The molecule has 0 spiro atoms. The van der Waals surface area contributed by atoms with Gasteiger partial charge in [0.25, 0.3) is 0 Å². The summed E-state index contributed by atoms with van der Waals surface area (Å²) in [5, 5.41) is 18.5. The third kappa shape index (κ3) is 2.85. The Hall–Kier alpha value is -2.36. The van der Waals surface area contributed by atoms with Crippen LogP contribution in [-0.4, -0.2) is 21.5 Å². The number of hydrogen-bond donors (Lipinski definition) is 2. The van der Waals surface area contributed by atoms with Gasteiger partial charge in [-0.3, -0.25) is 9.78 Å². The zero-order chi connectivity index (χ0) is 13.0. The molecular weight excluding hydrogens is 230 g/mol. The van der Waals surface area contributed by atoms with E-state index >= 15 is 0 Å². The number of rotatable bonds is 4. The van der Waals surface area contributed by atoms with Crippen LogP contribution in [0.1, 0.15) is 21.6 Å². The molecule has 0 radical (unpaired) electrons. The summed E-state index contributed by atoms with van der Waals surface area (Å²) in [5.74, 6) is 0.142. The van der Waals surface area contributed by atoms with Crippen LogP contribution in [0.2, 0.25) is 0 Å². The molecule has 4 nitrogen and oxygen atoms in total. The number of carbonyl (C=O) groups excluding carboxylic acids is 1. The maximum atomic E-state index is 10.7. The van der Waals surface area contributed by atoms with Crippen molar-refractivity contribution >= 4 is 6.29 Å². The van der Waals surface area contributed by atoms with Crippen LogP contribution >= 0.6 is 0 Å². The first-order valence-corrected chi connectivity index (χ1v) is 5.60. The van der Waals surface area contributed by atoms with Crippen molar-refractivity contribution in [3.63, 3.8) is 0 Å². The topological polar surface area (TPSA) is 70.4 Å². The second-order valence-electron chi connectivity index (χ2n) is 4.02. The van der Waals surface area contributed by atoms with Crippen LogP contribution in [0.3, 0.4) is 0 Å². The van der Waals surface area contributed by atoms with Gasteiger partial charge in [0.1, 0.15) is 11.5 Å². The van der Waals surface area contributed by atoms with Gasteiger partial charge in [-0.25, -0.2) is 0 Å². The summed E-state index contributed by atoms with van der Waals surface area (Å²) in [4.78, 5) is 14.7. The van der Waals surface area contributed by atoms with Crippen molar-refractivity contribution in [2.24, 2.45) is 0 Å². The Kier molecular flexibility index (Phi) is 3.57. The van der Waals surface area contributed by atoms with E-state index in [1.54, 1.807) is 18.2 Å². The largest absolute Gasteiger partial charge is 0.508 e. The molecule has 2 N–H and O–H groups in total. The molecule has 0 saturated carbocycles. The van der Waals surface area contributed by atoms with Crippen molar-refractivity contribution in [1.82, 2.24) is 4.98 Å². The zero-order valence-electron chi connectivity index (χ0n) is 9.71. The molecule has 0 amide bonds. The average molecular weight is 243 g/mol. The lowest BCUT2D eigenvalue weighted by Gasteiger charge is -2.03. The van der Waals surface area contributed by atoms with Crippen LogP contribution in [0.4, 0.5) is 0 Å². The van der Waals surface area contributed by atoms with E-state index in [0.717, 1.165) is 17.7 Å². The Bertz CT molecular complexity index is 549. The first-order chi connectivity index (χ1) is 8.69. The van der Waals surface area contributed by atoms with Gasteiger partial charge in [-0.05, 0) is 36.6 Å². The highest BCUT2D eigenvalue weighted by Crippen LogP contribution is 2.16. The number of phenolic OH excluding ortho intramolecular Hbond substituents is 1. The molecule has 0 aliphatic carbocycles. The Morgan fingerprint density at radius 1 is 1.11 bits per heavy atom. The van der Waals surface area contributed by atoms with Crippen molar-refractivity contribution in [3.05, 3.63) is 53.3 Å². The summed E-state index contributed by atoms with van der Waals surface area (Å²) in [5.41, 5.74) is 2.09. The number of phenols is 1. The van der Waals surface area contributed by atoms with Crippen LogP contribution in [0.15, 0.2) is 36.5 Å². The predicted molar refractivity (Wildman–Crippen MR) is 66.8 cm³/mol. The second kappa shape index (κ2) is 5.31. The molecule has 2 aromatic rings. The molecule has 0 bridgehead atoms. The monoisotopic (exact) mass is 243 g/mol. The number of nitrogens with zero attached hydrogens (tertiary/aromatic N) is 1. The Balaban J connectivity index is 2.06. The third-order valence-electron chi connectivity index (χ3n) is 2.70. The van der Waals surface area contributed by atoms with E-state index in [4.69, 9.17) is 5.11 Å². The van der Waals surface area contributed by atoms with E-state index in [9.17, 15) is 9.90 Å². The third-order valence-corrected chi connectivity index (χ3v) is 2.70. The summed E-state index contributed by atoms with van der Waals surface area (Å²) in [6.45, 7) is 0. The van der Waals surface area contributed by atoms with Crippen molar-refractivity contribution in [1.29, 1.82) is 0 Å². The molecule has 0 fully saturated rings.